The number of likely N-dealkylation sites (tertiary alicyclic amines) is 1. The molecule has 4 heteroatoms. The molecule has 0 aromatic heterocycles. The van der Waals surface area contributed by atoms with Crippen LogP contribution in [0.15, 0.2) is 0 Å². The largest absolute Gasteiger partial charge is 0.353 e. The summed E-state index contributed by atoms with van der Waals surface area (Å²) in [4.78, 5) is 15.2. The zero-order valence-corrected chi connectivity index (χ0v) is 13.2. The highest BCUT2D eigenvalue weighted by atomic mass is 16.2. The number of carbonyl (C=O) groups excluding carboxylic acids is 1. The molecular weight excluding hydrogens is 250 g/mol. The molecule has 0 radical (unpaired) electrons. The topological polar surface area (TPSA) is 44.4 Å². The van der Waals surface area contributed by atoms with E-state index >= 15 is 0 Å². The summed E-state index contributed by atoms with van der Waals surface area (Å²) in [5.41, 5.74) is -0.144. The number of amides is 1. The van der Waals surface area contributed by atoms with Crippen molar-refractivity contribution >= 4 is 5.91 Å². The van der Waals surface area contributed by atoms with E-state index in [1.54, 1.807) is 0 Å². The SMILES string of the molecule is CCCC1(C(=O)NC2CCN(CC)CC2)CCCNC1. The molecule has 0 spiro atoms. The summed E-state index contributed by atoms with van der Waals surface area (Å²) >= 11 is 0. The van der Waals surface area contributed by atoms with Crippen molar-refractivity contribution in [3.63, 3.8) is 0 Å². The van der Waals surface area contributed by atoms with E-state index in [4.69, 9.17) is 0 Å². The van der Waals surface area contributed by atoms with Crippen molar-refractivity contribution in [2.24, 2.45) is 5.41 Å². The van der Waals surface area contributed by atoms with Crippen LogP contribution in [0.5, 0.6) is 0 Å². The van der Waals surface area contributed by atoms with Gasteiger partial charge in [0.15, 0.2) is 0 Å². The minimum absolute atomic E-state index is 0.144. The van der Waals surface area contributed by atoms with Crippen LogP contribution < -0.4 is 10.6 Å². The molecule has 2 rings (SSSR count). The summed E-state index contributed by atoms with van der Waals surface area (Å²) in [6, 6.07) is 0.390. The number of piperidine rings is 2. The van der Waals surface area contributed by atoms with Gasteiger partial charge in [-0.3, -0.25) is 4.79 Å². The molecule has 0 aliphatic carbocycles. The van der Waals surface area contributed by atoms with Crippen LogP contribution in [0.2, 0.25) is 0 Å². The smallest absolute Gasteiger partial charge is 0.227 e. The third-order valence-electron chi connectivity index (χ3n) is 5.05. The van der Waals surface area contributed by atoms with Crippen LogP contribution in [0.1, 0.15) is 52.4 Å². The molecule has 0 aromatic carbocycles. The minimum Gasteiger partial charge on any atom is -0.353 e. The van der Waals surface area contributed by atoms with Gasteiger partial charge in [-0.05, 0) is 45.2 Å². The third kappa shape index (κ3) is 3.73. The normalized spacial score (nSPS) is 29.3. The molecular formula is C16H31N3O. The van der Waals surface area contributed by atoms with Gasteiger partial charge in [0.2, 0.25) is 5.91 Å². The van der Waals surface area contributed by atoms with Crippen LogP contribution >= 0.6 is 0 Å². The van der Waals surface area contributed by atoms with Crippen molar-refractivity contribution in [3.8, 4) is 0 Å². The Morgan fingerprint density at radius 1 is 1.35 bits per heavy atom. The Labute approximate surface area is 123 Å². The predicted octanol–water partition coefficient (Wildman–Crippen LogP) is 1.76. The standard InChI is InChI=1S/C16H31N3O/c1-3-8-16(9-5-10-17-13-16)15(20)18-14-6-11-19(4-2)12-7-14/h14,17H,3-13H2,1-2H3,(H,18,20). The molecule has 0 aromatic rings. The van der Waals surface area contributed by atoms with Gasteiger partial charge in [-0.2, -0.15) is 0 Å². The summed E-state index contributed by atoms with van der Waals surface area (Å²) in [5, 5.41) is 6.78. The van der Waals surface area contributed by atoms with E-state index in [1.807, 2.05) is 0 Å². The van der Waals surface area contributed by atoms with Gasteiger partial charge < -0.3 is 15.5 Å². The van der Waals surface area contributed by atoms with Crippen molar-refractivity contribution in [2.75, 3.05) is 32.7 Å². The Hall–Kier alpha value is -0.610. The highest BCUT2D eigenvalue weighted by Gasteiger charge is 2.39. The van der Waals surface area contributed by atoms with Gasteiger partial charge in [0.1, 0.15) is 0 Å². The fourth-order valence-corrected chi connectivity index (χ4v) is 3.70. The fraction of sp³-hybridized carbons (Fsp3) is 0.938. The third-order valence-corrected chi connectivity index (χ3v) is 5.05. The highest BCUT2D eigenvalue weighted by Crippen LogP contribution is 2.32. The first kappa shape index (κ1) is 15.8. The fourth-order valence-electron chi connectivity index (χ4n) is 3.70. The van der Waals surface area contributed by atoms with Crippen molar-refractivity contribution in [1.29, 1.82) is 0 Å². The number of nitrogens with zero attached hydrogens (tertiary/aromatic N) is 1. The lowest BCUT2D eigenvalue weighted by Gasteiger charge is -2.39. The van der Waals surface area contributed by atoms with E-state index in [1.165, 1.54) is 0 Å². The molecule has 4 nitrogen and oxygen atoms in total. The van der Waals surface area contributed by atoms with E-state index in [2.05, 4.69) is 29.4 Å². The quantitative estimate of drug-likeness (QED) is 0.807. The molecule has 2 N–H and O–H groups in total. The van der Waals surface area contributed by atoms with Gasteiger partial charge in [0.05, 0.1) is 5.41 Å². The van der Waals surface area contributed by atoms with Crippen molar-refractivity contribution in [1.82, 2.24) is 15.5 Å². The summed E-state index contributed by atoms with van der Waals surface area (Å²) < 4.78 is 0. The highest BCUT2D eigenvalue weighted by molar-refractivity contribution is 5.83. The number of hydrogen-bond acceptors (Lipinski definition) is 3. The number of carbonyl (C=O) groups is 1. The summed E-state index contributed by atoms with van der Waals surface area (Å²) in [6.45, 7) is 9.70. The molecule has 2 aliphatic rings. The molecule has 0 bridgehead atoms. The minimum atomic E-state index is -0.144. The monoisotopic (exact) mass is 281 g/mol. The predicted molar refractivity (Wildman–Crippen MR) is 82.7 cm³/mol. The van der Waals surface area contributed by atoms with Gasteiger partial charge in [0.25, 0.3) is 0 Å². The lowest BCUT2D eigenvalue weighted by molar-refractivity contribution is -0.133. The van der Waals surface area contributed by atoms with E-state index in [0.29, 0.717) is 11.9 Å². The Kier molecular flexibility index (Phi) is 5.85. The molecule has 2 fully saturated rings. The number of nitrogens with one attached hydrogen (secondary N) is 2. The number of rotatable bonds is 5. The Balaban J connectivity index is 1.88. The Morgan fingerprint density at radius 2 is 2.10 bits per heavy atom. The molecule has 1 unspecified atom stereocenters. The molecule has 1 amide bonds. The van der Waals surface area contributed by atoms with Crippen LogP contribution in [-0.2, 0) is 4.79 Å². The summed E-state index contributed by atoms with van der Waals surface area (Å²) in [5.74, 6) is 0.307. The second-order valence-electron chi connectivity index (χ2n) is 6.49. The van der Waals surface area contributed by atoms with E-state index in [-0.39, 0.29) is 5.41 Å². The second kappa shape index (κ2) is 7.41. The molecule has 2 saturated heterocycles. The van der Waals surface area contributed by atoms with E-state index in [0.717, 1.165) is 71.2 Å². The summed E-state index contributed by atoms with van der Waals surface area (Å²) in [6.07, 6.45) is 6.49. The first-order chi connectivity index (χ1) is 9.70. The van der Waals surface area contributed by atoms with E-state index < -0.39 is 0 Å². The van der Waals surface area contributed by atoms with Gasteiger partial charge in [-0.25, -0.2) is 0 Å². The molecule has 2 aliphatic heterocycles. The van der Waals surface area contributed by atoms with Crippen molar-refractivity contribution in [3.05, 3.63) is 0 Å². The molecule has 0 saturated carbocycles. The Bertz CT molecular complexity index is 299. The second-order valence-corrected chi connectivity index (χ2v) is 6.49. The lowest BCUT2D eigenvalue weighted by Crippen LogP contribution is -2.54. The maximum atomic E-state index is 12.8. The number of hydrogen-bond donors (Lipinski definition) is 2. The zero-order chi connectivity index (χ0) is 14.4. The van der Waals surface area contributed by atoms with Crippen molar-refractivity contribution < 1.29 is 4.79 Å². The van der Waals surface area contributed by atoms with Crippen molar-refractivity contribution in [2.45, 2.75) is 58.4 Å². The molecule has 116 valence electrons. The first-order valence-corrected chi connectivity index (χ1v) is 8.44. The molecule has 2 heterocycles. The average molecular weight is 281 g/mol. The van der Waals surface area contributed by atoms with Crippen LogP contribution in [0.3, 0.4) is 0 Å². The van der Waals surface area contributed by atoms with Crippen LogP contribution in [0, 0.1) is 5.41 Å². The van der Waals surface area contributed by atoms with Gasteiger partial charge in [0, 0.05) is 25.7 Å². The van der Waals surface area contributed by atoms with Gasteiger partial charge >= 0.3 is 0 Å². The maximum absolute atomic E-state index is 12.8. The first-order valence-electron chi connectivity index (χ1n) is 8.44. The van der Waals surface area contributed by atoms with Crippen LogP contribution in [0.4, 0.5) is 0 Å². The Morgan fingerprint density at radius 3 is 2.65 bits per heavy atom. The van der Waals surface area contributed by atoms with Gasteiger partial charge in [-0.1, -0.05) is 20.3 Å². The lowest BCUT2D eigenvalue weighted by atomic mass is 9.76. The average Bonchev–Trinajstić information content (AvgIpc) is 2.49. The van der Waals surface area contributed by atoms with Crippen LogP contribution in [-0.4, -0.2) is 49.6 Å². The van der Waals surface area contributed by atoms with E-state index in [9.17, 15) is 4.79 Å². The maximum Gasteiger partial charge on any atom is 0.227 e. The van der Waals surface area contributed by atoms with Gasteiger partial charge in [-0.15, -0.1) is 0 Å². The molecule has 1 atom stereocenters. The zero-order valence-electron chi connectivity index (χ0n) is 13.2. The molecule has 20 heavy (non-hydrogen) atoms. The summed E-state index contributed by atoms with van der Waals surface area (Å²) in [7, 11) is 0. The van der Waals surface area contributed by atoms with Crippen LogP contribution in [0.25, 0.3) is 0 Å².